The molecule has 3 aliphatic heterocycles. The van der Waals surface area contributed by atoms with Gasteiger partial charge in [0, 0.05) is 44.5 Å². The number of allylic oxidation sites excluding steroid dienone is 1. The fourth-order valence-corrected chi connectivity index (χ4v) is 13.6. The molecule has 3 unspecified atom stereocenters. The Morgan fingerprint density at radius 2 is 1.55 bits per heavy atom. The number of nitrogens with zero attached hydrogens (tertiary/aromatic N) is 1. The molecule has 19 heteroatoms. The maximum Gasteiger partial charge on any atom is 0.309 e. The van der Waals surface area contributed by atoms with Gasteiger partial charge in [0.1, 0.15) is 23.9 Å². The molecule has 438 valence electrons. The quantitative estimate of drug-likeness (QED) is 0.129. The SMILES string of the molecule is CC[C@H]1OC(=O)[C@H](C)C[C@H](C)C[C@H](O)CCCN(CCCNC(=O)[C@@]2(O)CCC3C4CCC5=CC(=O)CC[C@]5(C)C4[C@@H](O)C[C@@]32C)[C@H](C)[C@@H](O)[C@@H]1O.CNC.CO[C@@]1(C)C[C@@H](O)OC[C@H]1O.C[C@@H]1CCC[C@H](O)O1.O. The lowest BCUT2D eigenvalue weighted by atomic mass is 9.45. The second-order valence-electron chi connectivity index (χ2n) is 23.9. The molecule has 19 nitrogen and oxygen atoms in total. The fourth-order valence-electron chi connectivity index (χ4n) is 13.6. The standard InChI is InChI=1S/C41H68N2O9.C7H14O4.C6H12O2.C2H7N.H2O/c1-7-33-36(48)35(47)26(4)43(18-8-10-28(44)21-24(2)20-25(3)37(49)52-33)19-9-17-42-38(50)41(51)16-14-31-30-12-11-27-22-29(45)13-15-39(27,5)34(30)32(46)23-40(31,41)6;1-7(10-2)3-6(9)11-4-5(7)8;1-5-3-2-4-6(7)8-5;1-3-2;/h22,24-26,28,30-36,44,46-48,51H,7-21,23H2,1-6H3,(H,42,50);5-6,8-9H,3-4H2,1-2H3;5-7H,2-4H2,1H3;3H,1-2H3;1H2/t24-,25+,26+,28+,30?,31?,32-,33+,34?,35+,36+,39-,40-,41-;5-,6+,7+;5-,6-;;/m011../s1. The van der Waals surface area contributed by atoms with Crippen LogP contribution in [0.2, 0.25) is 0 Å². The van der Waals surface area contributed by atoms with Crippen molar-refractivity contribution < 1.29 is 79.7 Å². The van der Waals surface area contributed by atoms with Gasteiger partial charge in [-0.2, -0.15) is 0 Å². The molecule has 12 N–H and O–H groups in total. The lowest BCUT2D eigenvalue weighted by molar-refractivity contribution is -0.235. The van der Waals surface area contributed by atoms with Crippen LogP contribution in [-0.2, 0) is 33.3 Å². The van der Waals surface area contributed by atoms with Gasteiger partial charge < -0.3 is 75.9 Å². The third kappa shape index (κ3) is 16.7. The summed E-state index contributed by atoms with van der Waals surface area (Å²) in [5, 5.41) is 90.2. The molecule has 3 heterocycles. The summed E-state index contributed by atoms with van der Waals surface area (Å²) in [6, 6.07) is -0.498. The van der Waals surface area contributed by atoms with Gasteiger partial charge in [0.2, 0.25) is 0 Å². The normalized spacial score (nSPS) is 42.7. The van der Waals surface area contributed by atoms with Gasteiger partial charge in [-0.1, -0.05) is 40.2 Å². The predicted molar refractivity (Wildman–Crippen MR) is 284 cm³/mol. The molecule has 75 heavy (non-hydrogen) atoms. The number of carbonyl (C=O) groups is 3. The molecule has 0 aromatic heterocycles. The van der Waals surface area contributed by atoms with E-state index in [4.69, 9.17) is 29.2 Å². The van der Waals surface area contributed by atoms with Crippen molar-refractivity contribution in [3.63, 3.8) is 0 Å². The van der Waals surface area contributed by atoms with Crippen LogP contribution in [0.1, 0.15) is 165 Å². The average molecular weight is 1070 g/mol. The molecule has 3 saturated carbocycles. The predicted octanol–water partition coefficient (Wildman–Crippen LogP) is 3.06. The molecular weight excluding hydrogens is 971 g/mol. The number of amides is 1. The summed E-state index contributed by atoms with van der Waals surface area (Å²) in [4.78, 5) is 41.1. The summed E-state index contributed by atoms with van der Waals surface area (Å²) < 4.78 is 20.6. The number of aliphatic hydroxyl groups is 8. The minimum atomic E-state index is -1.61. The summed E-state index contributed by atoms with van der Waals surface area (Å²) in [5.41, 5.74) is -2.14. The highest BCUT2D eigenvalue weighted by molar-refractivity contribution is 5.91. The fraction of sp³-hybridized carbons (Fsp3) is 0.911. The number of hydrogen-bond acceptors (Lipinski definition) is 17. The van der Waals surface area contributed by atoms with E-state index < -0.39 is 89.7 Å². The minimum absolute atomic E-state index is 0. The molecule has 0 radical (unpaired) electrons. The zero-order valence-corrected chi connectivity index (χ0v) is 47.5. The molecule has 0 aromatic carbocycles. The number of hydrogen-bond donors (Lipinski definition) is 10. The van der Waals surface area contributed by atoms with E-state index in [-0.39, 0.29) is 53.1 Å². The minimum Gasteiger partial charge on any atom is -0.459 e. The van der Waals surface area contributed by atoms with Crippen molar-refractivity contribution >= 4 is 17.7 Å². The number of ether oxygens (including phenoxy) is 4. The maximum atomic E-state index is 13.9. The van der Waals surface area contributed by atoms with Crippen molar-refractivity contribution in [3.8, 4) is 0 Å². The Morgan fingerprint density at radius 3 is 2.15 bits per heavy atom. The molecular formula is C56H103N3O16. The van der Waals surface area contributed by atoms with E-state index in [2.05, 4.69) is 22.5 Å². The van der Waals surface area contributed by atoms with Crippen molar-refractivity contribution in [1.29, 1.82) is 0 Å². The van der Waals surface area contributed by atoms with E-state index in [9.17, 15) is 45.0 Å². The Labute approximate surface area is 448 Å². The van der Waals surface area contributed by atoms with E-state index in [1.807, 2.05) is 54.8 Å². The number of esters is 1. The van der Waals surface area contributed by atoms with Crippen LogP contribution >= 0.6 is 0 Å². The number of fused-ring (bicyclic) bond motifs is 5. The Balaban J connectivity index is 0.000000530. The Bertz CT molecular complexity index is 1790. The monoisotopic (exact) mass is 1070 g/mol. The van der Waals surface area contributed by atoms with Crippen molar-refractivity contribution in [1.82, 2.24) is 15.5 Å². The van der Waals surface area contributed by atoms with E-state index in [1.54, 1.807) is 13.8 Å². The van der Waals surface area contributed by atoms with Crippen LogP contribution in [0.25, 0.3) is 0 Å². The summed E-state index contributed by atoms with van der Waals surface area (Å²) in [6.45, 7) is 16.9. The van der Waals surface area contributed by atoms with E-state index in [1.165, 1.54) is 7.11 Å². The molecule has 7 rings (SSSR count). The van der Waals surface area contributed by atoms with Gasteiger partial charge in [0.05, 0.1) is 42.5 Å². The van der Waals surface area contributed by atoms with Crippen LogP contribution in [0.15, 0.2) is 11.6 Å². The number of cyclic esters (lactones) is 1. The first-order valence-electron chi connectivity index (χ1n) is 28.1. The van der Waals surface area contributed by atoms with Gasteiger partial charge in [-0.15, -0.1) is 0 Å². The highest BCUT2D eigenvalue weighted by Crippen LogP contribution is 2.67. The lowest BCUT2D eigenvalue weighted by Crippen LogP contribution is -2.63. The van der Waals surface area contributed by atoms with Gasteiger partial charge in [-0.25, -0.2) is 0 Å². The van der Waals surface area contributed by atoms with Crippen LogP contribution in [0.3, 0.4) is 0 Å². The average Bonchev–Trinajstić information content (AvgIpc) is 3.61. The number of rotatable bonds is 7. The first-order chi connectivity index (χ1) is 34.7. The first kappa shape index (κ1) is 67.1. The molecule has 0 bridgehead atoms. The maximum absolute atomic E-state index is 13.9. The molecule has 4 aliphatic carbocycles. The van der Waals surface area contributed by atoms with Gasteiger partial charge in [-0.3, -0.25) is 19.3 Å². The van der Waals surface area contributed by atoms with E-state index in [0.29, 0.717) is 90.3 Å². The van der Waals surface area contributed by atoms with Gasteiger partial charge in [-0.05, 0) is 173 Å². The van der Waals surface area contributed by atoms with Crippen LogP contribution in [0, 0.1) is 40.4 Å². The van der Waals surface area contributed by atoms with Crippen LogP contribution in [0.4, 0.5) is 0 Å². The molecule has 6 fully saturated rings. The number of carbonyl (C=O) groups excluding carboxylic acids is 3. The van der Waals surface area contributed by atoms with Crippen molar-refractivity contribution in [2.45, 2.75) is 237 Å². The van der Waals surface area contributed by atoms with E-state index >= 15 is 0 Å². The molecule has 1 amide bonds. The largest absolute Gasteiger partial charge is 0.459 e. The Hall–Kier alpha value is -2.21. The zero-order chi connectivity index (χ0) is 55.3. The van der Waals surface area contributed by atoms with Crippen LogP contribution in [0.5, 0.6) is 0 Å². The third-order valence-corrected chi connectivity index (χ3v) is 18.3. The van der Waals surface area contributed by atoms with Gasteiger partial charge in [0.15, 0.2) is 18.4 Å². The number of methoxy groups -OCH3 is 1. The lowest BCUT2D eigenvalue weighted by Gasteiger charge is -2.60. The number of ketones is 1. The topological polar surface area (TPSA) is 309 Å². The second kappa shape index (κ2) is 29.8. The van der Waals surface area contributed by atoms with Crippen LogP contribution in [-0.4, -0.2) is 189 Å². The Morgan fingerprint density at radius 1 is 0.867 bits per heavy atom. The first-order valence-corrected chi connectivity index (χ1v) is 28.1. The zero-order valence-electron chi connectivity index (χ0n) is 47.5. The summed E-state index contributed by atoms with van der Waals surface area (Å²) in [5.74, 6) is -0.668. The van der Waals surface area contributed by atoms with Gasteiger partial charge >= 0.3 is 5.97 Å². The highest BCUT2D eigenvalue weighted by Gasteiger charge is 2.68. The van der Waals surface area contributed by atoms with Crippen molar-refractivity contribution in [3.05, 3.63) is 11.6 Å². The van der Waals surface area contributed by atoms with Crippen LogP contribution < -0.4 is 10.6 Å². The summed E-state index contributed by atoms with van der Waals surface area (Å²) in [7, 11) is 5.27. The number of aliphatic hydroxyl groups excluding tert-OH is 7. The summed E-state index contributed by atoms with van der Waals surface area (Å²) >= 11 is 0. The smallest absolute Gasteiger partial charge is 0.309 e. The highest BCUT2D eigenvalue weighted by atomic mass is 16.6. The third-order valence-electron chi connectivity index (χ3n) is 18.3. The van der Waals surface area contributed by atoms with E-state index in [0.717, 1.165) is 44.1 Å². The van der Waals surface area contributed by atoms with Gasteiger partial charge in [0.25, 0.3) is 5.91 Å². The molecule has 0 spiro atoms. The second-order valence-corrected chi connectivity index (χ2v) is 23.9. The van der Waals surface area contributed by atoms with Crippen molar-refractivity contribution in [2.75, 3.05) is 47.4 Å². The molecule has 19 atom stereocenters. The molecule has 7 aliphatic rings. The summed E-state index contributed by atoms with van der Waals surface area (Å²) in [6.07, 6.45) is 6.43. The van der Waals surface area contributed by atoms with Crippen molar-refractivity contribution in [2.24, 2.45) is 40.4 Å². The number of nitrogens with one attached hydrogen (secondary N) is 2. The molecule has 3 saturated heterocycles. The Kier molecular flexibility index (Phi) is 26.7. The molecule has 0 aromatic rings.